The smallest absolute Gasteiger partial charge is 0.247 e. The molecule has 1 saturated heterocycles. The summed E-state index contributed by atoms with van der Waals surface area (Å²) in [6, 6.07) is 7.69. The molecule has 1 saturated carbocycles. The Morgan fingerprint density at radius 3 is 2.62 bits per heavy atom. The molecule has 1 atom stereocenters. The van der Waals surface area contributed by atoms with Gasteiger partial charge in [-0.15, -0.1) is 0 Å². The van der Waals surface area contributed by atoms with Crippen LogP contribution in [0.1, 0.15) is 50.5 Å². The molecule has 1 spiro atoms. The minimum Gasteiger partial charge on any atom is -0.373 e. The quantitative estimate of drug-likeness (QED) is 0.768. The molecule has 2 N–H and O–H groups in total. The van der Waals surface area contributed by atoms with E-state index in [1.54, 1.807) is 0 Å². The van der Waals surface area contributed by atoms with Crippen molar-refractivity contribution in [2.24, 2.45) is 0 Å². The third-order valence-corrected chi connectivity index (χ3v) is 5.39. The van der Waals surface area contributed by atoms with Crippen molar-refractivity contribution in [3.05, 3.63) is 42.5 Å². The lowest BCUT2D eigenvalue weighted by molar-refractivity contribution is -0.121. The molecule has 1 heterocycles. The maximum Gasteiger partial charge on any atom is 0.247 e. The number of hydrogen-bond acceptors (Lipinski definition) is 3. The van der Waals surface area contributed by atoms with E-state index in [1.807, 2.05) is 24.3 Å². The minimum absolute atomic E-state index is 0.0297. The van der Waals surface area contributed by atoms with E-state index in [0.717, 1.165) is 30.5 Å². The van der Waals surface area contributed by atoms with Gasteiger partial charge in [0.25, 0.3) is 0 Å². The average Bonchev–Trinajstić information content (AvgIpc) is 3.03. The van der Waals surface area contributed by atoms with Gasteiger partial charge in [0.05, 0.1) is 18.2 Å². The Kier molecular flexibility index (Phi) is 6.09. The fraction of sp³-hybridized carbons (Fsp3) is 0.524. The first-order valence-corrected chi connectivity index (χ1v) is 9.54. The monoisotopic (exact) mass is 356 g/mol. The van der Waals surface area contributed by atoms with Crippen LogP contribution in [0.5, 0.6) is 0 Å². The number of carbonyl (C=O) groups is 2. The Morgan fingerprint density at radius 1 is 1.19 bits per heavy atom. The van der Waals surface area contributed by atoms with Crippen molar-refractivity contribution >= 4 is 17.5 Å². The number of nitrogens with one attached hydrogen (secondary N) is 2. The molecule has 0 radical (unpaired) electrons. The summed E-state index contributed by atoms with van der Waals surface area (Å²) in [4.78, 5) is 23.5. The van der Waals surface area contributed by atoms with Gasteiger partial charge in [0.2, 0.25) is 11.8 Å². The Morgan fingerprint density at radius 2 is 1.92 bits per heavy atom. The fourth-order valence-corrected chi connectivity index (χ4v) is 3.99. The van der Waals surface area contributed by atoms with E-state index in [9.17, 15) is 9.59 Å². The minimum atomic E-state index is -0.230. The highest BCUT2D eigenvalue weighted by Gasteiger charge is 2.41. The fourth-order valence-electron chi connectivity index (χ4n) is 3.99. The van der Waals surface area contributed by atoms with E-state index in [2.05, 4.69) is 17.2 Å². The topological polar surface area (TPSA) is 67.4 Å². The van der Waals surface area contributed by atoms with Gasteiger partial charge in [0.15, 0.2) is 0 Å². The molecular formula is C21H28N2O3. The van der Waals surface area contributed by atoms with E-state index >= 15 is 0 Å². The number of hydrogen-bond donors (Lipinski definition) is 2. The Hall–Kier alpha value is -2.14. The van der Waals surface area contributed by atoms with E-state index in [4.69, 9.17) is 4.74 Å². The summed E-state index contributed by atoms with van der Waals surface area (Å²) >= 11 is 0. The molecule has 2 aliphatic rings. The van der Waals surface area contributed by atoms with Gasteiger partial charge in [0.1, 0.15) is 0 Å². The van der Waals surface area contributed by atoms with Gasteiger partial charge in [-0.1, -0.05) is 38.0 Å². The SMILES string of the molecule is C=CC(=O)Nc1ccc(CCC(=O)NC2COC3(CCCCC3)C2)cc1. The first-order chi connectivity index (χ1) is 12.6. The lowest BCUT2D eigenvalue weighted by atomic mass is 9.82. The van der Waals surface area contributed by atoms with E-state index in [1.165, 1.54) is 25.3 Å². The van der Waals surface area contributed by atoms with Crippen molar-refractivity contribution in [1.82, 2.24) is 5.32 Å². The highest BCUT2D eigenvalue weighted by molar-refractivity contribution is 5.98. The summed E-state index contributed by atoms with van der Waals surface area (Å²) in [5.41, 5.74) is 1.83. The molecule has 26 heavy (non-hydrogen) atoms. The van der Waals surface area contributed by atoms with Crippen molar-refractivity contribution in [2.75, 3.05) is 11.9 Å². The van der Waals surface area contributed by atoms with Crippen molar-refractivity contribution in [1.29, 1.82) is 0 Å². The normalized spacial score (nSPS) is 21.3. The molecule has 1 unspecified atom stereocenters. The molecule has 1 aliphatic heterocycles. The molecule has 140 valence electrons. The highest BCUT2D eigenvalue weighted by Crippen LogP contribution is 2.39. The second kappa shape index (κ2) is 8.49. The predicted octanol–water partition coefficient (Wildman–Crippen LogP) is 3.35. The molecule has 3 rings (SSSR count). The van der Waals surface area contributed by atoms with E-state index < -0.39 is 0 Å². The second-order valence-corrected chi connectivity index (χ2v) is 7.41. The summed E-state index contributed by atoms with van der Waals surface area (Å²) in [5.74, 6) is -0.151. The number of aryl methyl sites for hydroxylation is 1. The van der Waals surface area contributed by atoms with E-state index in [-0.39, 0.29) is 23.5 Å². The number of ether oxygens (including phenoxy) is 1. The second-order valence-electron chi connectivity index (χ2n) is 7.41. The number of anilines is 1. The lowest BCUT2D eigenvalue weighted by Gasteiger charge is -2.32. The van der Waals surface area contributed by atoms with Crippen molar-refractivity contribution in [2.45, 2.75) is 63.0 Å². The third kappa shape index (κ3) is 4.94. The number of amides is 2. The van der Waals surface area contributed by atoms with Gasteiger partial charge >= 0.3 is 0 Å². The van der Waals surface area contributed by atoms with Crippen LogP contribution < -0.4 is 10.6 Å². The Balaban J connectivity index is 1.41. The largest absolute Gasteiger partial charge is 0.373 e. The lowest BCUT2D eigenvalue weighted by Crippen LogP contribution is -2.37. The molecule has 0 bridgehead atoms. The van der Waals surface area contributed by atoms with Crippen LogP contribution in [0.3, 0.4) is 0 Å². The Labute approximate surface area is 155 Å². The molecule has 2 amide bonds. The van der Waals surface area contributed by atoms with Crippen molar-refractivity contribution in [3.63, 3.8) is 0 Å². The zero-order valence-corrected chi connectivity index (χ0v) is 15.3. The number of carbonyl (C=O) groups excluding carboxylic acids is 2. The summed E-state index contributed by atoms with van der Waals surface area (Å²) in [7, 11) is 0. The summed E-state index contributed by atoms with van der Waals surface area (Å²) in [6.07, 6.45) is 9.38. The molecule has 2 fully saturated rings. The molecule has 5 heteroatoms. The number of benzene rings is 1. The molecular weight excluding hydrogens is 328 g/mol. The average molecular weight is 356 g/mol. The standard InChI is InChI=1S/C21H28N2O3/c1-2-19(24)22-17-9-6-16(7-10-17)8-11-20(25)23-18-14-21(26-15-18)12-4-3-5-13-21/h2,6-7,9-10,18H,1,3-5,8,11-15H2,(H,22,24)(H,23,25). The predicted molar refractivity (Wildman–Crippen MR) is 102 cm³/mol. The Bertz CT molecular complexity index is 648. The first kappa shape index (κ1) is 18.6. The van der Waals surface area contributed by atoms with E-state index in [0.29, 0.717) is 19.4 Å². The first-order valence-electron chi connectivity index (χ1n) is 9.54. The van der Waals surface area contributed by atoms with Crippen molar-refractivity contribution in [3.8, 4) is 0 Å². The molecule has 5 nitrogen and oxygen atoms in total. The summed E-state index contributed by atoms with van der Waals surface area (Å²) in [5, 5.41) is 5.84. The van der Waals surface area contributed by atoms with Crippen LogP contribution in [-0.4, -0.2) is 30.1 Å². The highest BCUT2D eigenvalue weighted by atomic mass is 16.5. The maximum absolute atomic E-state index is 12.3. The van der Waals surface area contributed by atoms with Gasteiger partial charge < -0.3 is 15.4 Å². The van der Waals surface area contributed by atoms with Gasteiger partial charge in [-0.3, -0.25) is 9.59 Å². The molecule has 0 aromatic heterocycles. The van der Waals surface area contributed by atoms with Gasteiger partial charge in [-0.2, -0.15) is 0 Å². The van der Waals surface area contributed by atoms with Crippen LogP contribution in [0.25, 0.3) is 0 Å². The molecule has 1 aromatic rings. The summed E-state index contributed by atoms with van der Waals surface area (Å²) < 4.78 is 6.06. The zero-order chi connectivity index (χ0) is 18.4. The van der Waals surface area contributed by atoms with Gasteiger partial charge in [-0.25, -0.2) is 0 Å². The van der Waals surface area contributed by atoms with Crippen LogP contribution in [0.2, 0.25) is 0 Å². The van der Waals surface area contributed by atoms with Gasteiger partial charge in [-0.05, 0) is 49.5 Å². The van der Waals surface area contributed by atoms with Crippen LogP contribution in [-0.2, 0) is 20.7 Å². The number of rotatable bonds is 6. The van der Waals surface area contributed by atoms with Crippen molar-refractivity contribution < 1.29 is 14.3 Å². The van der Waals surface area contributed by atoms with Crippen LogP contribution in [0.4, 0.5) is 5.69 Å². The zero-order valence-electron chi connectivity index (χ0n) is 15.3. The van der Waals surface area contributed by atoms with Gasteiger partial charge in [0, 0.05) is 12.1 Å². The third-order valence-electron chi connectivity index (χ3n) is 5.39. The molecule has 1 aliphatic carbocycles. The summed E-state index contributed by atoms with van der Waals surface area (Å²) in [6.45, 7) is 4.07. The van der Waals surface area contributed by atoms with Crippen LogP contribution >= 0.6 is 0 Å². The molecule has 1 aromatic carbocycles. The maximum atomic E-state index is 12.3. The van der Waals surface area contributed by atoms with Crippen LogP contribution in [0, 0.1) is 0 Å². The van der Waals surface area contributed by atoms with Crippen LogP contribution in [0.15, 0.2) is 36.9 Å².